The molecular formula is C36H33F3N4O2S. The SMILES string of the molecule is CCCCN(CCCC)c1ccc(/C=C/c2ccc(/C=C/C(=C(\C#N)C(OC(F)(F)F)=C(C#N)C#N)c3ccccc3)s2)c(O)c1. The van der Waals surface area contributed by atoms with Gasteiger partial charge < -0.3 is 14.7 Å². The van der Waals surface area contributed by atoms with Gasteiger partial charge in [-0.05, 0) is 60.9 Å². The molecule has 46 heavy (non-hydrogen) atoms. The van der Waals surface area contributed by atoms with Crippen LogP contribution < -0.4 is 4.90 Å². The zero-order valence-electron chi connectivity index (χ0n) is 25.5. The van der Waals surface area contributed by atoms with Crippen LogP contribution in [0.4, 0.5) is 18.9 Å². The summed E-state index contributed by atoms with van der Waals surface area (Å²) < 4.78 is 43.8. The molecule has 3 aromatic rings. The Morgan fingerprint density at radius 3 is 2.04 bits per heavy atom. The summed E-state index contributed by atoms with van der Waals surface area (Å²) in [5.74, 6) is -0.993. The number of thiophene rings is 1. The van der Waals surface area contributed by atoms with Gasteiger partial charge in [-0.25, -0.2) is 0 Å². The van der Waals surface area contributed by atoms with E-state index in [-0.39, 0.29) is 11.3 Å². The van der Waals surface area contributed by atoms with Gasteiger partial charge >= 0.3 is 6.36 Å². The van der Waals surface area contributed by atoms with Gasteiger partial charge in [0, 0.05) is 45.7 Å². The molecule has 0 saturated carbocycles. The lowest BCUT2D eigenvalue weighted by Gasteiger charge is -2.25. The van der Waals surface area contributed by atoms with Crippen LogP contribution >= 0.6 is 11.3 Å². The molecule has 0 amide bonds. The minimum atomic E-state index is -5.24. The van der Waals surface area contributed by atoms with Crippen LogP contribution in [0.1, 0.15) is 60.4 Å². The number of allylic oxidation sites excluding steroid dienone is 4. The Hall–Kier alpha value is -5.24. The Kier molecular flexibility index (Phi) is 13.3. The van der Waals surface area contributed by atoms with Gasteiger partial charge in [0.2, 0.25) is 0 Å². The van der Waals surface area contributed by atoms with Crippen molar-refractivity contribution in [1.82, 2.24) is 0 Å². The number of nitriles is 3. The fourth-order valence-corrected chi connectivity index (χ4v) is 5.28. The molecule has 3 rings (SSSR count). The van der Waals surface area contributed by atoms with E-state index in [1.807, 2.05) is 24.3 Å². The van der Waals surface area contributed by atoms with Crippen LogP contribution in [0.5, 0.6) is 5.75 Å². The predicted octanol–water partition coefficient (Wildman–Crippen LogP) is 9.86. The van der Waals surface area contributed by atoms with Crippen molar-refractivity contribution in [2.45, 2.75) is 45.9 Å². The number of unbranched alkanes of at least 4 members (excludes halogenated alkanes) is 2. The molecule has 0 bridgehead atoms. The maximum Gasteiger partial charge on any atom is 0.573 e. The standard InChI is InChI=1S/C36H33F3N4O2S/c1-3-5-20-43(21-6-4-2)29-14-12-27(34(44)22-29)13-15-30-16-17-31(46-30)18-19-32(26-10-8-7-9-11-26)33(25-42)35(28(23-40)24-41)45-36(37,38)39/h7-19,22,44H,3-6,20-21H2,1-2H3/b15-13+,19-18+,33-32-. The van der Waals surface area contributed by atoms with Crippen LogP contribution in [0.2, 0.25) is 0 Å². The summed E-state index contributed by atoms with van der Waals surface area (Å²) in [5, 5.41) is 39.3. The lowest BCUT2D eigenvalue weighted by molar-refractivity contribution is -0.303. The molecule has 0 spiro atoms. The number of nitrogens with zero attached hydrogens (tertiary/aromatic N) is 4. The molecule has 0 aliphatic carbocycles. The molecule has 0 aliphatic rings. The third-order valence-corrected chi connectivity index (χ3v) is 7.81. The van der Waals surface area contributed by atoms with Crippen molar-refractivity contribution in [3.05, 3.63) is 105 Å². The van der Waals surface area contributed by atoms with Gasteiger partial charge in [0.25, 0.3) is 0 Å². The Labute approximate surface area is 271 Å². The maximum atomic E-state index is 13.3. The van der Waals surface area contributed by atoms with E-state index in [4.69, 9.17) is 0 Å². The highest BCUT2D eigenvalue weighted by molar-refractivity contribution is 7.13. The number of anilines is 1. The van der Waals surface area contributed by atoms with Crippen LogP contribution in [-0.2, 0) is 4.74 Å². The van der Waals surface area contributed by atoms with Gasteiger partial charge in [-0.3, -0.25) is 0 Å². The molecule has 1 aromatic heterocycles. The number of phenolic OH excluding ortho intramolecular Hbond substituents is 1. The zero-order valence-corrected chi connectivity index (χ0v) is 26.3. The maximum absolute atomic E-state index is 13.3. The zero-order chi connectivity index (χ0) is 33.5. The molecule has 2 aromatic carbocycles. The summed E-state index contributed by atoms with van der Waals surface area (Å²) in [7, 11) is 0. The Bertz CT molecular complexity index is 1710. The summed E-state index contributed by atoms with van der Waals surface area (Å²) in [6.45, 7) is 6.16. The van der Waals surface area contributed by atoms with Crippen molar-refractivity contribution in [2.24, 2.45) is 0 Å². The summed E-state index contributed by atoms with van der Waals surface area (Å²) >= 11 is 1.38. The number of aromatic hydroxyl groups is 1. The van der Waals surface area contributed by atoms with E-state index in [1.54, 1.807) is 60.7 Å². The van der Waals surface area contributed by atoms with Gasteiger partial charge in [-0.15, -0.1) is 24.5 Å². The van der Waals surface area contributed by atoms with E-state index in [0.29, 0.717) is 11.1 Å². The van der Waals surface area contributed by atoms with E-state index in [9.17, 15) is 34.1 Å². The number of hydrogen-bond donors (Lipinski definition) is 1. The molecule has 1 N–H and O–H groups in total. The van der Waals surface area contributed by atoms with Gasteiger partial charge in [0.15, 0.2) is 11.3 Å². The number of alkyl halides is 3. The highest BCUT2D eigenvalue weighted by Crippen LogP contribution is 2.33. The molecule has 0 atom stereocenters. The van der Waals surface area contributed by atoms with Gasteiger partial charge in [0.05, 0.1) is 0 Å². The van der Waals surface area contributed by atoms with Gasteiger partial charge in [-0.1, -0.05) is 63.1 Å². The molecule has 1 heterocycles. The Balaban J connectivity index is 1.94. The first-order valence-electron chi connectivity index (χ1n) is 14.7. The number of halogens is 3. The average Bonchev–Trinajstić information content (AvgIpc) is 3.50. The average molecular weight is 643 g/mol. The quantitative estimate of drug-likeness (QED) is 0.107. The van der Waals surface area contributed by atoms with E-state index >= 15 is 0 Å². The summed E-state index contributed by atoms with van der Waals surface area (Å²) in [4.78, 5) is 3.86. The van der Waals surface area contributed by atoms with Crippen molar-refractivity contribution in [2.75, 3.05) is 18.0 Å². The van der Waals surface area contributed by atoms with Crippen LogP contribution in [-0.4, -0.2) is 24.6 Å². The molecule has 0 fully saturated rings. The van der Waals surface area contributed by atoms with Crippen LogP contribution in [0, 0.1) is 34.0 Å². The molecule has 10 heteroatoms. The summed E-state index contributed by atoms with van der Waals surface area (Å²) in [6.07, 6.45) is 5.81. The number of phenols is 1. The number of hydrogen-bond acceptors (Lipinski definition) is 7. The van der Waals surface area contributed by atoms with Gasteiger partial charge in [0.1, 0.15) is 29.5 Å². The van der Waals surface area contributed by atoms with Crippen molar-refractivity contribution < 1.29 is 23.0 Å². The smallest absolute Gasteiger partial charge is 0.507 e. The second-order valence-corrected chi connectivity index (χ2v) is 11.2. The molecule has 0 saturated heterocycles. The molecule has 6 nitrogen and oxygen atoms in total. The monoisotopic (exact) mass is 642 g/mol. The minimum Gasteiger partial charge on any atom is -0.507 e. The van der Waals surface area contributed by atoms with Crippen LogP contribution in [0.3, 0.4) is 0 Å². The molecule has 0 radical (unpaired) electrons. The largest absolute Gasteiger partial charge is 0.573 e. The highest BCUT2D eigenvalue weighted by atomic mass is 32.1. The third kappa shape index (κ3) is 10.2. The Morgan fingerprint density at radius 2 is 1.50 bits per heavy atom. The van der Waals surface area contributed by atoms with Gasteiger partial charge in [-0.2, -0.15) is 15.8 Å². The Morgan fingerprint density at radius 1 is 0.870 bits per heavy atom. The topological polar surface area (TPSA) is 104 Å². The van der Waals surface area contributed by atoms with E-state index < -0.39 is 23.3 Å². The third-order valence-electron chi connectivity index (χ3n) is 6.79. The highest BCUT2D eigenvalue weighted by Gasteiger charge is 2.35. The number of benzene rings is 2. The fraction of sp³-hybridized carbons (Fsp3) is 0.250. The summed E-state index contributed by atoms with van der Waals surface area (Å²) in [6, 6.07) is 22.0. The van der Waals surface area contributed by atoms with Crippen LogP contribution in [0.25, 0.3) is 23.8 Å². The lowest BCUT2D eigenvalue weighted by atomic mass is 9.97. The fourth-order valence-electron chi connectivity index (χ4n) is 4.47. The van der Waals surface area contributed by atoms with Crippen LogP contribution in [0.15, 0.2) is 83.6 Å². The van der Waals surface area contributed by atoms with E-state index in [0.717, 1.165) is 54.2 Å². The molecular weight excluding hydrogens is 609 g/mol. The van der Waals surface area contributed by atoms with Crippen molar-refractivity contribution in [3.63, 3.8) is 0 Å². The first kappa shape index (κ1) is 35.2. The lowest BCUT2D eigenvalue weighted by Crippen LogP contribution is -2.25. The number of ether oxygens (including phenoxy) is 1. The first-order valence-corrected chi connectivity index (χ1v) is 15.5. The normalized spacial score (nSPS) is 11.9. The first-order chi connectivity index (χ1) is 22.1. The molecule has 0 unspecified atom stereocenters. The van der Waals surface area contributed by atoms with Crippen molar-refractivity contribution in [3.8, 4) is 24.0 Å². The van der Waals surface area contributed by atoms with Crippen molar-refractivity contribution >= 4 is 40.8 Å². The van der Waals surface area contributed by atoms with Crippen molar-refractivity contribution in [1.29, 1.82) is 15.8 Å². The van der Waals surface area contributed by atoms with E-state index in [1.165, 1.54) is 29.6 Å². The molecule has 0 aliphatic heterocycles. The summed E-state index contributed by atoms with van der Waals surface area (Å²) in [5.41, 5.74) is 0.457. The van der Waals surface area contributed by atoms with E-state index in [2.05, 4.69) is 23.5 Å². The second kappa shape index (κ2) is 17.3. The predicted molar refractivity (Wildman–Crippen MR) is 177 cm³/mol. The second-order valence-electron chi connectivity index (χ2n) is 10.1. The molecule has 236 valence electrons. The minimum absolute atomic E-state index is 0.0350. The number of rotatable bonds is 14.